The number of rotatable bonds is 4. The van der Waals surface area contributed by atoms with Crippen LogP contribution in [0.25, 0.3) is 0 Å². The molecule has 2 aliphatic rings. The van der Waals surface area contributed by atoms with E-state index in [1.807, 2.05) is 0 Å². The fraction of sp³-hybridized carbons (Fsp3) is 0.474. The number of sulfonamides is 1. The van der Waals surface area contributed by atoms with E-state index in [1.54, 1.807) is 30.0 Å². The summed E-state index contributed by atoms with van der Waals surface area (Å²) in [5.41, 5.74) is -1.30. The number of alkyl halides is 1. The Bertz CT molecular complexity index is 992. The molecule has 4 rings (SSSR count). The highest BCUT2D eigenvalue weighted by Crippen LogP contribution is 2.40. The van der Waals surface area contributed by atoms with E-state index < -0.39 is 27.7 Å². The lowest BCUT2D eigenvalue weighted by Gasteiger charge is -2.45. The molecule has 3 heterocycles. The van der Waals surface area contributed by atoms with Crippen LogP contribution in [0.1, 0.15) is 19.0 Å². The lowest BCUT2D eigenvalue weighted by atomic mass is 9.99. The summed E-state index contributed by atoms with van der Waals surface area (Å²) in [6, 6.07) is 7.95. The lowest BCUT2D eigenvalue weighted by molar-refractivity contribution is -0.116. The van der Waals surface area contributed by atoms with Crippen molar-refractivity contribution in [1.29, 1.82) is 0 Å². The molecule has 0 bridgehead atoms. The van der Waals surface area contributed by atoms with Crippen molar-refractivity contribution in [3.63, 3.8) is 0 Å². The van der Waals surface area contributed by atoms with Crippen molar-refractivity contribution in [2.24, 2.45) is 0 Å². The number of benzene rings is 1. The topological polar surface area (TPSA) is 75.6 Å². The SMILES string of the molecule is CCc1nc(N2CCC3(OCCN3S(=O)(=O)c3ccccc3)C(F)C2)ncc1F. The van der Waals surface area contributed by atoms with E-state index in [-0.39, 0.29) is 49.2 Å². The van der Waals surface area contributed by atoms with E-state index in [2.05, 4.69) is 9.97 Å². The predicted octanol–water partition coefficient (Wildman–Crippen LogP) is 2.14. The molecule has 2 unspecified atom stereocenters. The van der Waals surface area contributed by atoms with Crippen molar-refractivity contribution >= 4 is 16.0 Å². The Labute approximate surface area is 168 Å². The zero-order chi connectivity index (χ0) is 20.6. The fourth-order valence-electron chi connectivity index (χ4n) is 3.91. The maximum atomic E-state index is 15.4. The van der Waals surface area contributed by atoms with Gasteiger partial charge in [0.25, 0.3) is 0 Å². The Morgan fingerprint density at radius 2 is 2.03 bits per heavy atom. The van der Waals surface area contributed by atoms with Crippen LogP contribution in [0, 0.1) is 5.82 Å². The average Bonchev–Trinajstić information content (AvgIpc) is 3.17. The molecule has 0 aliphatic carbocycles. The number of aryl methyl sites for hydroxylation is 1. The Kier molecular flexibility index (Phi) is 5.26. The summed E-state index contributed by atoms with van der Waals surface area (Å²) in [4.78, 5) is 9.86. The molecule has 10 heteroatoms. The van der Waals surface area contributed by atoms with Gasteiger partial charge in [-0.15, -0.1) is 0 Å². The first kappa shape index (κ1) is 20.1. The second-order valence-corrected chi connectivity index (χ2v) is 8.93. The summed E-state index contributed by atoms with van der Waals surface area (Å²) in [6.07, 6.45) is -0.0277. The van der Waals surface area contributed by atoms with Gasteiger partial charge in [-0.25, -0.2) is 27.2 Å². The maximum Gasteiger partial charge on any atom is 0.245 e. The van der Waals surface area contributed by atoms with Gasteiger partial charge in [0, 0.05) is 19.5 Å². The van der Waals surface area contributed by atoms with E-state index in [0.717, 1.165) is 10.5 Å². The van der Waals surface area contributed by atoms with Gasteiger partial charge in [-0.05, 0) is 18.6 Å². The van der Waals surface area contributed by atoms with Crippen LogP contribution in [-0.4, -0.2) is 60.8 Å². The number of ether oxygens (including phenoxy) is 1. The molecule has 2 atom stereocenters. The van der Waals surface area contributed by atoms with E-state index in [9.17, 15) is 12.8 Å². The Morgan fingerprint density at radius 3 is 2.72 bits per heavy atom. The minimum atomic E-state index is -3.91. The summed E-state index contributed by atoms with van der Waals surface area (Å²) < 4.78 is 62.2. The van der Waals surface area contributed by atoms with Crippen LogP contribution in [0.5, 0.6) is 0 Å². The van der Waals surface area contributed by atoms with Crippen molar-refractivity contribution in [3.8, 4) is 0 Å². The largest absolute Gasteiger partial charge is 0.355 e. The standard InChI is InChI=1S/C19H22F2N4O3S/c1-2-16-15(20)12-22-18(23-16)24-9-8-19(17(21)13-24)25(10-11-28-19)29(26,27)14-6-4-3-5-7-14/h3-7,12,17H,2,8-11,13H2,1H3. The molecule has 2 fully saturated rings. The highest BCUT2D eigenvalue weighted by molar-refractivity contribution is 7.89. The first-order valence-electron chi connectivity index (χ1n) is 9.51. The molecule has 1 spiro atoms. The van der Waals surface area contributed by atoms with E-state index in [4.69, 9.17) is 4.74 Å². The number of anilines is 1. The normalized spacial score (nSPS) is 25.6. The molecular weight excluding hydrogens is 402 g/mol. The number of piperidine rings is 1. The van der Waals surface area contributed by atoms with Gasteiger partial charge in [0.1, 0.15) is 0 Å². The molecule has 156 valence electrons. The number of nitrogens with zero attached hydrogens (tertiary/aromatic N) is 4. The predicted molar refractivity (Wildman–Crippen MR) is 102 cm³/mol. The van der Waals surface area contributed by atoms with E-state index >= 15 is 4.39 Å². The van der Waals surface area contributed by atoms with Gasteiger partial charge in [-0.3, -0.25) is 0 Å². The van der Waals surface area contributed by atoms with Crippen molar-refractivity contribution in [3.05, 3.63) is 48.0 Å². The van der Waals surface area contributed by atoms with Crippen LogP contribution >= 0.6 is 0 Å². The number of hydrogen-bond acceptors (Lipinski definition) is 6. The highest BCUT2D eigenvalue weighted by atomic mass is 32.2. The van der Waals surface area contributed by atoms with Crippen LogP contribution in [0.4, 0.5) is 14.7 Å². The van der Waals surface area contributed by atoms with Crippen LogP contribution in [0.15, 0.2) is 41.4 Å². The molecule has 0 N–H and O–H groups in total. The lowest BCUT2D eigenvalue weighted by Crippen LogP contribution is -2.62. The molecule has 2 aliphatic heterocycles. The number of aromatic nitrogens is 2. The summed E-state index contributed by atoms with van der Waals surface area (Å²) in [5, 5.41) is 0. The summed E-state index contributed by atoms with van der Waals surface area (Å²) in [6.45, 7) is 2.13. The molecule has 0 radical (unpaired) electrons. The molecule has 2 saturated heterocycles. The van der Waals surface area contributed by atoms with Gasteiger partial charge in [-0.2, -0.15) is 4.31 Å². The minimum Gasteiger partial charge on any atom is -0.355 e. The van der Waals surface area contributed by atoms with Crippen molar-refractivity contribution in [2.75, 3.05) is 31.1 Å². The van der Waals surface area contributed by atoms with Gasteiger partial charge in [-0.1, -0.05) is 25.1 Å². The third-order valence-corrected chi connectivity index (χ3v) is 7.37. The molecule has 7 nitrogen and oxygen atoms in total. The van der Waals surface area contributed by atoms with Crippen molar-refractivity contribution in [1.82, 2.24) is 14.3 Å². The monoisotopic (exact) mass is 424 g/mol. The maximum absolute atomic E-state index is 15.4. The smallest absolute Gasteiger partial charge is 0.245 e. The van der Waals surface area contributed by atoms with Crippen LogP contribution in [0.2, 0.25) is 0 Å². The van der Waals surface area contributed by atoms with Gasteiger partial charge in [0.2, 0.25) is 16.0 Å². The van der Waals surface area contributed by atoms with E-state index in [0.29, 0.717) is 6.42 Å². The van der Waals surface area contributed by atoms with Gasteiger partial charge < -0.3 is 9.64 Å². The molecular formula is C19H22F2N4O3S. The number of hydrogen-bond donors (Lipinski definition) is 0. The third kappa shape index (κ3) is 3.38. The quantitative estimate of drug-likeness (QED) is 0.749. The Morgan fingerprint density at radius 1 is 1.28 bits per heavy atom. The molecule has 29 heavy (non-hydrogen) atoms. The van der Waals surface area contributed by atoms with Crippen molar-refractivity contribution < 1.29 is 21.9 Å². The number of halogens is 2. The van der Waals surface area contributed by atoms with Crippen molar-refractivity contribution in [2.45, 2.75) is 36.6 Å². The first-order chi connectivity index (χ1) is 13.9. The minimum absolute atomic E-state index is 0.0880. The van der Waals surface area contributed by atoms with E-state index in [1.165, 1.54) is 12.1 Å². The zero-order valence-electron chi connectivity index (χ0n) is 16.0. The zero-order valence-corrected chi connectivity index (χ0v) is 16.8. The Balaban J connectivity index is 1.60. The summed E-state index contributed by atoms with van der Waals surface area (Å²) in [5.74, 6) is -0.267. The fourth-order valence-corrected chi connectivity index (χ4v) is 5.64. The summed E-state index contributed by atoms with van der Waals surface area (Å²) in [7, 11) is -3.91. The highest BCUT2D eigenvalue weighted by Gasteiger charge is 2.57. The van der Waals surface area contributed by atoms with Crippen LogP contribution in [-0.2, 0) is 21.2 Å². The summed E-state index contributed by atoms with van der Waals surface area (Å²) >= 11 is 0. The molecule has 1 aromatic carbocycles. The average molecular weight is 424 g/mol. The second-order valence-electron chi connectivity index (χ2n) is 7.07. The Hall–Kier alpha value is -2.17. The first-order valence-corrected chi connectivity index (χ1v) is 10.9. The molecule has 1 aromatic heterocycles. The van der Waals surface area contributed by atoms with Gasteiger partial charge in [0.05, 0.1) is 29.9 Å². The van der Waals surface area contributed by atoms with Crippen LogP contribution in [0.3, 0.4) is 0 Å². The molecule has 2 aromatic rings. The molecule has 0 saturated carbocycles. The van der Waals surface area contributed by atoms with Crippen LogP contribution < -0.4 is 4.90 Å². The second kappa shape index (κ2) is 7.58. The van der Waals surface area contributed by atoms with Gasteiger partial charge in [0.15, 0.2) is 17.7 Å². The third-order valence-electron chi connectivity index (χ3n) is 5.43. The molecule has 0 amide bonds. The van der Waals surface area contributed by atoms with Gasteiger partial charge >= 0.3 is 0 Å².